The standard InChI is InChI=1S/C18H27N5O2/c1-24-13-7-8-14(25-2)16-15(13)17(20)23-18(22-16)21-10-12-5-3-11(9-19)4-6-12/h7-8,11-12H,3-6,9-10,19H2,1-2H3,(H3,20,21,22,23). The lowest BCUT2D eigenvalue weighted by molar-refractivity contribution is 0.289. The van der Waals surface area contributed by atoms with Crippen LogP contribution in [0.1, 0.15) is 25.7 Å². The van der Waals surface area contributed by atoms with Crippen LogP contribution >= 0.6 is 0 Å². The Hall–Kier alpha value is -2.28. The van der Waals surface area contributed by atoms with Crippen LogP contribution in [0.25, 0.3) is 10.9 Å². The molecule has 0 amide bonds. The number of rotatable bonds is 6. The van der Waals surface area contributed by atoms with Crippen molar-refractivity contribution in [3.8, 4) is 11.5 Å². The van der Waals surface area contributed by atoms with E-state index in [0.717, 1.165) is 13.1 Å². The van der Waals surface area contributed by atoms with Gasteiger partial charge in [-0.05, 0) is 56.2 Å². The first-order chi connectivity index (χ1) is 12.2. The number of fused-ring (bicyclic) bond motifs is 1. The van der Waals surface area contributed by atoms with Crippen LogP contribution in [-0.4, -0.2) is 37.3 Å². The Morgan fingerprint density at radius 3 is 2.32 bits per heavy atom. The summed E-state index contributed by atoms with van der Waals surface area (Å²) in [6, 6.07) is 3.63. The van der Waals surface area contributed by atoms with Crippen molar-refractivity contribution in [1.82, 2.24) is 9.97 Å². The molecule has 1 fully saturated rings. The van der Waals surface area contributed by atoms with Crippen molar-refractivity contribution in [3.05, 3.63) is 12.1 Å². The Morgan fingerprint density at radius 1 is 1.04 bits per heavy atom. The number of ether oxygens (including phenoxy) is 2. The van der Waals surface area contributed by atoms with E-state index in [-0.39, 0.29) is 0 Å². The Morgan fingerprint density at radius 2 is 1.68 bits per heavy atom. The summed E-state index contributed by atoms with van der Waals surface area (Å²) >= 11 is 0. The highest BCUT2D eigenvalue weighted by Gasteiger charge is 2.21. The van der Waals surface area contributed by atoms with Crippen molar-refractivity contribution in [2.45, 2.75) is 25.7 Å². The van der Waals surface area contributed by atoms with Crippen molar-refractivity contribution < 1.29 is 9.47 Å². The van der Waals surface area contributed by atoms with Crippen LogP contribution in [-0.2, 0) is 0 Å². The fourth-order valence-corrected chi connectivity index (χ4v) is 3.53. The van der Waals surface area contributed by atoms with Crippen LogP contribution in [0.15, 0.2) is 12.1 Å². The van der Waals surface area contributed by atoms with E-state index in [0.29, 0.717) is 46.0 Å². The maximum Gasteiger partial charge on any atom is 0.225 e. The van der Waals surface area contributed by atoms with Crippen molar-refractivity contribution in [1.29, 1.82) is 0 Å². The number of aromatic nitrogens is 2. The smallest absolute Gasteiger partial charge is 0.225 e. The number of benzene rings is 1. The Labute approximate surface area is 148 Å². The molecule has 1 heterocycles. The summed E-state index contributed by atoms with van der Waals surface area (Å²) in [6.45, 7) is 1.64. The second-order valence-electron chi connectivity index (χ2n) is 6.63. The lowest BCUT2D eigenvalue weighted by Crippen LogP contribution is -2.25. The molecule has 7 nitrogen and oxygen atoms in total. The molecule has 0 aliphatic heterocycles. The van der Waals surface area contributed by atoms with Crippen LogP contribution in [0, 0.1) is 11.8 Å². The lowest BCUT2D eigenvalue weighted by Gasteiger charge is -2.27. The number of hydrogen-bond donors (Lipinski definition) is 3. The van der Waals surface area contributed by atoms with E-state index < -0.39 is 0 Å². The number of nitrogen functional groups attached to an aromatic ring is 1. The molecule has 1 aromatic heterocycles. The zero-order valence-electron chi connectivity index (χ0n) is 14.9. The Kier molecular flexibility index (Phi) is 5.43. The third kappa shape index (κ3) is 3.71. The summed E-state index contributed by atoms with van der Waals surface area (Å²) in [6.07, 6.45) is 4.79. The topological polar surface area (TPSA) is 108 Å². The first-order valence-corrected chi connectivity index (χ1v) is 8.78. The van der Waals surface area contributed by atoms with Crippen LogP contribution in [0.3, 0.4) is 0 Å². The molecule has 0 spiro atoms. The van der Waals surface area contributed by atoms with Gasteiger partial charge in [-0.3, -0.25) is 0 Å². The molecular weight excluding hydrogens is 318 g/mol. The van der Waals surface area contributed by atoms with Gasteiger partial charge in [0.05, 0.1) is 19.6 Å². The summed E-state index contributed by atoms with van der Waals surface area (Å²) < 4.78 is 10.8. The van der Waals surface area contributed by atoms with Gasteiger partial charge in [-0.1, -0.05) is 0 Å². The van der Waals surface area contributed by atoms with Gasteiger partial charge in [-0.25, -0.2) is 4.98 Å². The number of anilines is 2. The average molecular weight is 345 g/mol. The maximum absolute atomic E-state index is 6.16. The predicted octanol–water partition coefficient (Wildman–Crippen LogP) is 2.41. The van der Waals surface area contributed by atoms with E-state index in [1.54, 1.807) is 14.2 Å². The molecule has 25 heavy (non-hydrogen) atoms. The molecule has 5 N–H and O–H groups in total. The molecule has 1 aliphatic rings. The quantitative estimate of drug-likeness (QED) is 0.737. The van der Waals surface area contributed by atoms with E-state index in [2.05, 4.69) is 15.3 Å². The fourth-order valence-electron chi connectivity index (χ4n) is 3.53. The van der Waals surface area contributed by atoms with Gasteiger partial charge in [0.1, 0.15) is 22.8 Å². The third-order valence-electron chi connectivity index (χ3n) is 5.09. The van der Waals surface area contributed by atoms with E-state index in [9.17, 15) is 0 Å². The van der Waals surface area contributed by atoms with Crippen molar-refractivity contribution in [2.75, 3.05) is 38.4 Å². The van der Waals surface area contributed by atoms with Crippen LogP contribution in [0.5, 0.6) is 11.5 Å². The number of nitrogens with two attached hydrogens (primary N) is 2. The van der Waals surface area contributed by atoms with Gasteiger partial charge in [0.15, 0.2) is 0 Å². The molecule has 0 unspecified atom stereocenters. The summed E-state index contributed by atoms with van der Waals surface area (Å²) in [5.41, 5.74) is 12.6. The third-order valence-corrected chi connectivity index (χ3v) is 5.09. The molecule has 0 bridgehead atoms. The summed E-state index contributed by atoms with van der Waals surface area (Å²) in [7, 11) is 3.22. The SMILES string of the molecule is COc1ccc(OC)c2c(N)nc(NCC3CCC(CN)CC3)nc12. The maximum atomic E-state index is 6.16. The number of nitrogens with zero attached hydrogens (tertiary/aromatic N) is 2. The minimum absolute atomic E-state index is 0.384. The molecule has 0 atom stereocenters. The molecule has 7 heteroatoms. The van der Waals surface area contributed by atoms with Gasteiger partial charge in [0, 0.05) is 6.54 Å². The summed E-state index contributed by atoms with van der Waals surface area (Å²) in [5, 5.41) is 4.02. The minimum atomic E-state index is 0.384. The van der Waals surface area contributed by atoms with Gasteiger partial charge >= 0.3 is 0 Å². The average Bonchev–Trinajstić information content (AvgIpc) is 2.65. The van der Waals surface area contributed by atoms with Gasteiger partial charge in [-0.15, -0.1) is 0 Å². The Balaban J connectivity index is 1.78. The second kappa shape index (κ2) is 7.74. The fraction of sp³-hybridized carbons (Fsp3) is 0.556. The molecule has 0 saturated heterocycles. The molecule has 3 rings (SSSR count). The van der Waals surface area contributed by atoms with Crippen molar-refractivity contribution in [2.24, 2.45) is 17.6 Å². The highest BCUT2D eigenvalue weighted by molar-refractivity contribution is 5.98. The lowest BCUT2D eigenvalue weighted by atomic mass is 9.82. The first kappa shape index (κ1) is 17.5. The molecule has 1 aliphatic carbocycles. The predicted molar refractivity (Wildman–Crippen MR) is 100 cm³/mol. The summed E-state index contributed by atoms with van der Waals surface area (Å²) in [4.78, 5) is 9.00. The van der Waals surface area contributed by atoms with Crippen LogP contribution in [0.4, 0.5) is 11.8 Å². The van der Waals surface area contributed by atoms with Crippen molar-refractivity contribution >= 4 is 22.7 Å². The Bertz CT molecular complexity index is 729. The first-order valence-electron chi connectivity index (χ1n) is 8.78. The molecule has 1 aromatic carbocycles. The molecule has 136 valence electrons. The van der Waals surface area contributed by atoms with Crippen molar-refractivity contribution in [3.63, 3.8) is 0 Å². The highest BCUT2D eigenvalue weighted by Crippen LogP contribution is 2.35. The molecule has 1 saturated carbocycles. The number of methoxy groups -OCH3 is 2. The van der Waals surface area contributed by atoms with Crippen LogP contribution in [0.2, 0.25) is 0 Å². The highest BCUT2D eigenvalue weighted by atomic mass is 16.5. The molecule has 2 aromatic rings. The van der Waals surface area contributed by atoms with Gasteiger partial charge in [0.25, 0.3) is 0 Å². The monoisotopic (exact) mass is 345 g/mol. The largest absolute Gasteiger partial charge is 0.496 e. The second-order valence-corrected chi connectivity index (χ2v) is 6.63. The molecule has 0 radical (unpaired) electrons. The normalized spacial score (nSPS) is 20.4. The van der Waals surface area contributed by atoms with Crippen LogP contribution < -0.4 is 26.3 Å². The minimum Gasteiger partial charge on any atom is -0.496 e. The number of hydrogen-bond acceptors (Lipinski definition) is 7. The van der Waals surface area contributed by atoms with Gasteiger partial charge in [-0.2, -0.15) is 4.98 Å². The van der Waals surface area contributed by atoms with E-state index in [4.69, 9.17) is 20.9 Å². The molecular formula is C18H27N5O2. The zero-order chi connectivity index (χ0) is 17.8. The zero-order valence-corrected chi connectivity index (χ0v) is 14.9. The summed E-state index contributed by atoms with van der Waals surface area (Å²) in [5.74, 6) is 3.50. The van der Waals surface area contributed by atoms with E-state index in [1.807, 2.05) is 12.1 Å². The van der Waals surface area contributed by atoms with Gasteiger partial charge in [0.2, 0.25) is 5.95 Å². The number of nitrogens with one attached hydrogen (secondary N) is 1. The van der Waals surface area contributed by atoms with E-state index in [1.165, 1.54) is 25.7 Å². The van der Waals surface area contributed by atoms with E-state index >= 15 is 0 Å². The van der Waals surface area contributed by atoms with Gasteiger partial charge < -0.3 is 26.3 Å².